The van der Waals surface area contributed by atoms with Crippen LogP contribution in [0.15, 0.2) is 4.99 Å². The van der Waals surface area contributed by atoms with E-state index < -0.39 is 0 Å². The fourth-order valence-electron chi connectivity index (χ4n) is 1.53. The second-order valence-electron chi connectivity index (χ2n) is 2.83. The minimum atomic E-state index is 0. The van der Waals surface area contributed by atoms with Gasteiger partial charge < -0.3 is 10.2 Å². The molecule has 2 heterocycles. The minimum Gasteiger partial charge on any atom is -0.354 e. The summed E-state index contributed by atoms with van der Waals surface area (Å²) >= 11 is 0. The summed E-state index contributed by atoms with van der Waals surface area (Å²) in [6.07, 6.45) is 2.67. The van der Waals surface area contributed by atoms with Gasteiger partial charge in [-0.15, -0.1) is 24.0 Å². The molecule has 1 N–H and O–H groups in total. The van der Waals surface area contributed by atoms with Crippen molar-refractivity contribution in [3.63, 3.8) is 0 Å². The quantitative estimate of drug-likeness (QED) is 0.653. The number of nitrogens with one attached hydrogen (secondary N) is 1. The van der Waals surface area contributed by atoms with Gasteiger partial charge in [0.1, 0.15) is 0 Å². The van der Waals surface area contributed by atoms with Crippen molar-refractivity contribution in [3.05, 3.63) is 0 Å². The molecule has 0 aromatic rings. The molecule has 0 saturated carbocycles. The topological polar surface area (TPSA) is 27.6 Å². The summed E-state index contributed by atoms with van der Waals surface area (Å²) in [4.78, 5) is 6.69. The summed E-state index contributed by atoms with van der Waals surface area (Å²) in [5.41, 5.74) is 0. The molecule has 0 unspecified atom stereocenters. The van der Waals surface area contributed by atoms with Crippen LogP contribution in [0.3, 0.4) is 0 Å². The average molecular weight is 267 g/mol. The van der Waals surface area contributed by atoms with Crippen LogP contribution < -0.4 is 5.32 Å². The van der Waals surface area contributed by atoms with Crippen LogP contribution in [0.1, 0.15) is 12.8 Å². The van der Waals surface area contributed by atoms with Gasteiger partial charge in [-0.05, 0) is 12.8 Å². The highest BCUT2D eigenvalue weighted by Gasteiger charge is 2.17. The van der Waals surface area contributed by atoms with Gasteiger partial charge in [0.2, 0.25) is 0 Å². The maximum atomic E-state index is 4.35. The summed E-state index contributed by atoms with van der Waals surface area (Å²) in [6, 6.07) is 0. The first kappa shape index (κ1) is 9.09. The van der Waals surface area contributed by atoms with Crippen LogP contribution in [-0.2, 0) is 0 Å². The van der Waals surface area contributed by atoms with E-state index in [0.717, 1.165) is 19.0 Å². The van der Waals surface area contributed by atoms with Crippen molar-refractivity contribution >= 4 is 29.9 Å². The SMILES string of the molecule is C1CCN(C2=NCCN2)C1.I. The molecule has 4 heteroatoms. The van der Waals surface area contributed by atoms with Crippen molar-refractivity contribution in [1.82, 2.24) is 10.2 Å². The van der Waals surface area contributed by atoms with E-state index >= 15 is 0 Å². The van der Waals surface area contributed by atoms with E-state index in [0.29, 0.717) is 0 Å². The summed E-state index contributed by atoms with van der Waals surface area (Å²) < 4.78 is 0. The Labute approximate surface area is 84.3 Å². The van der Waals surface area contributed by atoms with Crippen LogP contribution in [0.25, 0.3) is 0 Å². The molecule has 0 radical (unpaired) electrons. The number of rotatable bonds is 0. The first-order valence-corrected chi connectivity index (χ1v) is 4.00. The second-order valence-corrected chi connectivity index (χ2v) is 2.83. The van der Waals surface area contributed by atoms with Crippen LogP contribution in [0.2, 0.25) is 0 Å². The Kier molecular flexibility index (Phi) is 3.42. The first-order valence-electron chi connectivity index (χ1n) is 4.00. The van der Waals surface area contributed by atoms with Gasteiger partial charge in [0, 0.05) is 19.6 Å². The summed E-state index contributed by atoms with van der Waals surface area (Å²) in [6.45, 7) is 4.40. The van der Waals surface area contributed by atoms with Gasteiger partial charge in [-0.3, -0.25) is 4.99 Å². The lowest BCUT2D eigenvalue weighted by molar-refractivity contribution is 0.504. The van der Waals surface area contributed by atoms with E-state index in [2.05, 4.69) is 15.2 Å². The van der Waals surface area contributed by atoms with Gasteiger partial charge in [-0.2, -0.15) is 0 Å². The fraction of sp³-hybridized carbons (Fsp3) is 0.857. The highest BCUT2D eigenvalue weighted by atomic mass is 127. The third-order valence-electron chi connectivity index (χ3n) is 2.06. The van der Waals surface area contributed by atoms with E-state index in [1.165, 1.54) is 25.9 Å². The van der Waals surface area contributed by atoms with Crippen LogP contribution in [0.4, 0.5) is 0 Å². The van der Waals surface area contributed by atoms with E-state index in [9.17, 15) is 0 Å². The van der Waals surface area contributed by atoms with Gasteiger partial charge in [0.25, 0.3) is 0 Å². The number of guanidine groups is 1. The third-order valence-corrected chi connectivity index (χ3v) is 2.06. The Bertz CT molecular complexity index is 152. The summed E-state index contributed by atoms with van der Waals surface area (Å²) in [5.74, 6) is 1.14. The Hall–Kier alpha value is 0. The number of nitrogens with zero attached hydrogens (tertiary/aromatic N) is 2. The molecule has 1 fully saturated rings. The number of hydrogen-bond acceptors (Lipinski definition) is 3. The molecule has 3 nitrogen and oxygen atoms in total. The smallest absolute Gasteiger partial charge is 0.194 e. The number of likely N-dealkylation sites (tertiary alicyclic amines) is 1. The number of aliphatic imine (C=N–C) groups is 1. The Morgan fingerprint density at radius 1 is 1.27 bits per heavy atom. The zero-order valence-corrected chi connectivity index (χ0v) is 8.88. The predicted octanol–water partition coefficient (Wildman–Crippen LogP) is 0.659. The largest absolute Gasteiger partial charge is 0.354 e. The standard InChI is InChI=1S/C7H13N3.HI/c1-2-6-10(5-1)7-8-3-4-9-7;/h1-6H2,(H,8,9);1H. The van der Waals surface area contributed by atoms with Crippen molar-refractivity contribution in [3.8, 4) is 0 Å². The molecule has 0 atom stereocenters. The van der Waals surface area contributed by atoms with Gasteiger partial charge >= 0.3 is 0 Å². The molecule has 0 amide bonds. The van der Waals surface area contributed by atoms with Gasteiger partial charge in [0.05, 0.1) is 6.54 Å². The zero-order valence-electron chi connectivity index (χ0n) is 6.55. The van der Waals surface area contributed by atoms with Crippen molar-refractivity contribution in [1.29, 1.82) is 0 Å². The maximum absolute atomic E-state index is 4.35. The fourth-order valence-corrected chi connectivity index (χ4v) is 1.53. The van der Waals surface area contributed by atoms with Gasteiger partial charge in [-0.25, -0.2) is 0 Å². The lowest BCUT2D eigenvalue weighted by Crippen LogP contribution is -2.36. The molecular formula is C7H14IN3. The van der Waals surface area contributed by atoms with Crippen LogP contribution in [0.5, 0.6) is 0 Å². The summed E-state index contributed by atoms with van der Waals surface area (Å²) in [7, 11) is 0. The molecule has 0 aromatic carbocycles. The number of hydrogen-bond donors (Lipinski definition) is 1. The Morgan fingerprint density at radius 2 is 2.00 bits per heavy atom. The molecule has 2 aliphatic heterocycles. The molecule has 11 heavy (non-hydrogen) atoms. The molecule has 0 aliphatic carbocycles. The monoisotopic (exact) mass is 267 g/mol. The molecule has 2 aliphatic rings. The van der Waals surface area contributed by atoms with Crippen LogP contribution >= 0.6 is 24.0 Å². The van der Waals surface area contributed by atoms with Crippen LogP contribution in [-0.4, -0.2) is 37.0 Å². The molecule has 2 rings (SSSR count). The van der Waals surface area contributed by atoms with Gasteiger partial charge in [0.15, 0.2) is 5.96 Å². The highest BCUT2D eigenvalue weighted by Crippen LogP contribution is 2.08. The van der Waals surface area contributed by atoms with Crippen molar-refractivity contribution in [2.24, 2.45) is 4.99 Å². The lowest BCUT2D eigenvalue weighted by atomic mass is 10.4. The third kappa shape index (κ3) is 1.98. The maximum Gasteiger partial charge on any atom is 0.194 e. The van der Waals surface area contributed by atoms with E-state index in [1.54, 1.807) is 0 Å². The van der Waals surface area contributed by atoms with Crippen molar-refractivity contribution < 1.29 is 0 Å². The van der Waals surface area contributed by atoms with Crippen LogP contribution in [0, 0.1) is 0 Å². The first-order chi connectivity index (χ1) is 4.97. The molecular weight excluding hydrogens is 253 g/mol. The molecule has 1 saturated heterocycles. The van der Waals surface area contributed by atoms with Gasteiger partial charge in [-0.1, -0.05) is 0 Å². The minimum absolute atomic E-state index is 0. The molecule has 0 aromatic heterocycles. The Morgan fingerprint density at radius 3 is 2.55 bits per heavy atom. The predicted molar refractivity (Wildman–Crippen MR) is 56.5 cm³/mol. The lowest BCUT2D eigenvalue weighted by Gasteiger charge is -2.16. The normalized spacial score (nSPS) is 22.5. The average Bonchev–Trinajstić information content (AvgIpc) is 2.59. The summed E-state index contributed by atoms with van der Waals surface area (Å²) in [5, 5.41) is 3.27. The molecule has 0 spiro atoms. The van der Waals surface area contributed by atoms with Crippen molar-refractivity contribution in [2.75, 3.05) is 26.2 Å². The zero-order chi connectivity index (χ0) is 6.81. The Balaban J connectivity index is 0.000000605. The van der Waals surface area contributed by atoms with E-state index in [4.69, 9.17) is 0 Å². The molecule has 0 bridgehead atoms. The van der Waals surface area contributed by atoms with E-state index in [-0.39, 0.29) is 24.0 Å². The number of halogens is 1. The molecule has 64 valence electrons. The van der Waals surface area contributed by atoms with Crippen molar-refractivity contribution in [2.45, 2.75) is 12.8 Å². The van der Waals surface area contributed by atoms with E-state index in [1.807, 2.05) is 0 Å². The highest BCUT2D eigenvalue weighted by molar-refractivity contribution is 14.0. The second kappa shape index (κ2) is 4.13.